The predicted octanol–water partition coefficient (Wildman–Crippen LogP) is 5.04. The smallest absolute Gasteiger partial charge is 0.260 e. The molecule has 0 N–H and O–H groups in total. The minimum absolute atomic E-state index is 0.0987. The van der Waals surface area contributed by atoms with Crippen molar-refractivity contribution in [3.63, 3.8) is 0 Å². The van der Waals surface area contributed by atoms with Gasteiger partial charge in [-0.05, 0) is 51.2 Å². The summed E-state index contributed by atoms with van der Waals surface area (Å²) >= 11 is 1.35. The summed E-state index contributed by atoms with van der Waals surface area (Å²) in [5, 5.41) is 0.538. The zero-order valence-corrected chi connectivity index (χ0v) is 17.6. The van der Waals surface area contributed by atoms with Crippen LogP contribution in [0.2, 0.25) is 0 Å². The van der Waals surface area contributed by atoms with Crippen LogP contribution in [-0.2, 0) is 0 Å². The zero-order valence-electron chi connectivity index (χ0n) is 16.8. The Morgan fingerprint density at radius 3 is 2.36 bits per heavy atom. The molecule has 4 nitrogen and oxygen atoms in total. The third-order valence-electron chi connectivity index (χ3n) is 4.84. The molecule has 148 valence electrons. The lowest BCUT2D eigenvalue weighted by atomic mass is 10.1. The Morgan fingerprint density at radius 1 is 1.07 bits per heavy atom. The molecule has 0 fully saturated rings. The van der Waals surface area contributed by atoms with Crippen molar-refractivity contribution >= 4 is 32.6 Å². The molecule has 1 heterocycles. The van der Waals surface area contributed by atoms with Crippen molar-refractivity contribution in [2.45, 2.75) is 27.7 Å². The number of nitrogens with zero attached hydrogens (tertiary/aromatic N) is 3. The molecule has 28 heavy (non-hydrogen) atoms. The number of aryl methyl sites for hydroxylation is 2. The average molecular weight is 400 g/mol. The molecule has 0 atom stereocenters. The van der Waals surface area contributed by atoms with Gasteiger partial charge in [0.25, 0.3) is 5.91 Å². The molecule has 0 radical (unpaired) electrons. The van der Waals surface area contributed by atoms with E-state index < -0.39 is 0 Å². The third-order valence-corrected chi connectivity index (χ3v) is 5.88. The summed E-state index contributed by atoms with van der Waals surface area (Å²) in [5.41, 5.74) is 3.05. The van der Waals surface area contributed by atoms with Gasteiger partial charge in [0.15, 0.2) is 5.13 Å². The van der Waals surface area contributed by atoms with Crippen molar-refractivity contribution in [3.05, 3.63) is 58.9 Å². The van der Waals surface area contributed by atoms with Crippen molar-refractivity contribution in [1.29, 1.82) is 0 Å². The Labute approximate surface area is 169 Å². The predicted molar refractivity (Wildman–Crippen MR) is 115 cm³/mol. The lowest BCUT2D eigenvalue weighted by Gasteiger charge is -2.25. The molecule has 0 aliphatic heterocycles. The normalized spacial score (nSPS) is 11.4. The fourth-order valence-electron chi connectivity index (χ4n) is 3.34. The van der Waals surface area contributed by atoms with Gasteiger partial charge in [-0.25, -0.2) is 9.37 Å². The number of carbonyl (C=O) groups excluding carboxylic acids is 1. The Kier molecular flexibility index (Phi) is 6.42. The van der Waals surface area contributed by atoms with Crippen LogP contribution in [-0.4, -0.2) is 42.0 Å². The van der Waals surface area contributed by atoms with Crippen molar-refractivity contribution in [2.24, 2.45) is 0 Å². The minimum Gasteiger partial charge on any atom is -0.302 e. The van der Waals surface area contributed by atoms with Gasteiger partial charge in [-0.3, -0.25) is 9.69 Å². The van der Waals surface area contributed by atoms with Crippen LogP contribution in [0.15, 0.2) is 36.4 Å². The number of halogens is 1. The maximum Gasteiger partial charge on any atom is 0.260 e. The van der Waals surface area contributed by atoms with Crippen LogP contribution in [0.5, 0.6) is 0 Å². The number of rotatable bonds is 7. The first-order valence-electron chi connectivity index (χ1n) is 9.60. The molecule has 2 aromatic carbocycles. The zero-order chi connectivity index (χ0) is 20.3. The van der Waals surface area contributed by atoms with Crippen molar-refractivity contribution < 1.29 is 9.18 Å². The second-order valence-corrected chi connectivity index (χ2v) is 7.95. The summed E-state index contributed by atoms with van der Waals surface area (Å²) in [6.45, 7) is 11.2. The van der Waals surface area contributed by atoms with E-state index in [4.69, 9.17) is 0 Å². The summed E-state index contributed by atoms with van der Waals surface area (Å²) in [6.07, 6.45) is 0. The maximum atomic E-state index is 14.1. The Balaban J connectivity index is 2.00. The number of hydrogen-bond acceptors (Lipinski definition) is 4. The molecule has 0 aliphatic rings. The second kappa shape index (κ2) is 8.80. The number of likely N-dealkylation sites (N-methyl/N-ethyl adjacent to an activating group) is 1. The molecule has 0 unspecified atom stereocenters. The van der Waals surface area contributed by atoms with Gasteiger partial charge in [-0.15, -0.1) is 0 Å². The molecular weight excluding hydrogens is 373 g/mol. The van der Waals surface area contributed by atoms with Crippen LogP contribution in [0, 0.1) is 19.7 Å². The van der Waals surface area contributed by atoms with Crippen LogP contribution >= 0.6 is 11.3 Å². The SMILES string of the molecule is CCN(CC)CCN(C(=O)c1cc(C)cc(C)c1)c1nc2c(F)cccc2s1. The second-order valence-electron chi connectivity index (χ2n) is 6.94. The van der Waals surface area contributed by atoms with Gasteiger partial charge in [0.05, 0.1) is 4.70 Å². The highest BCUT2D eigenvalue weighted by molar-refractivity contribution is 7.22. The molecule has 0 saturated heterocycles. The number of hydrogen-bond donors (Lipinski definition) is 0. The standard InChI is InChI=1S/C22H26FN3OS/c1-5-25(6-2)10-11-26(21(27)17-13-15(3)12-16(4)14-17)22-24-20-18(23)8-7-9-19(20)28-22/h7-9,12-14H,5-6,10-11H2,1-4H3. The first kappa shape index (κ1) is 20.4. The first-order valence-corrected chi connectivity index (χ1v) is 10.4. The van der Waals surface area contributed by atoms with Gasteiger partial charge < -0.3 is 4.90 Å². The van der Waals surface area contributed by atoms with E-state index in [-0.39, 0.29) is 11.7 Å². The number of thiazole rings is 1. The molecule has 0 bridgehead atoms. The Bertz CT molecular complexity index is 961. The van der Waals surface area contributed by atoms with Crippen molar-refractivity contribution in [2.75, 3.05) is 31.1 Å². The molecular formula is C22H26FN3OS. The molecule has 0 saturated carbocycles. The lowest BCUT2D eigenvalue weighted by molar-refractivity contribution is 0.0983. The molecule has 3 rings (SSSR count). The highest BCUT2D eigenvalue weighted by Crippen LogP contribution is 2.31. The Hall–Kier alpha value is -2.31. The number of fused-ring (bicyclic) bond motifs is 1. The monoisotopic (exact) mass is 399 g/mol. The van der Waals surface area contributed by atoms with Gasteiger partial charge in [0.1, 0.15) is 11.3 Å². The summed E-state index contributed by atoms with van der Waals surface area (Å²) in [5.74, 6) is -0.457. The quantitative estimate of drug-likeness (QED) is 0.558. The summed E-state index contributed by atoms with van der Waals surface area (Å²) in [7, 11) is 0. The fraction of sp³-hybridized carbons (Fsp3) is 0.364. The van der Waals surface area contributed by atoms with Gasteiger partial charge in [0, 0.05) is 18.7 Å². The summed E-state index contributed by atoms with van der Waals surface area (Å²) < 4.78 is 14.9. The first-order chi connectivity index (χ1) is 13.4. The topological polar surface area (TPSA) is 36.4 Å². The van der Waals surface area contributed by atoms with E-state index >= 15 is 0 Å². The summed E-state index contributed by atoms with van der Waals surface area (Å²) in [4.78, 5) is 21.8. The van der Waals surface area contributed by atoms with E-state index in [1.165, 1.54) is 17.4 Å². The van der Waals surface area contributed by atoms with Crippen LogP contribution in [0.3, 0.4) is 0 Å². The van der Waals surface area contributed by atoms with Crippen LogP contribution in [0.4, 0.5) is 9.52 Å². The van der Waals surface area contributed by atoms with E-state index in [1.54, 1.807) is 11.0 Å². The van der Waals surface area contributed by atoms with E-state index in [9.17, 15) is 9.18 Å². The lowest BCUT2D eigenvalue weighted by Crippen LogP contribution is -2.39. The van der Waals surface area contributed by atoms with E-state index in [0.29, 0.717) is 22.8 Å². The fourth-order valence-corrected chi connectivity index (χ4v) is 4.34. The molecule has 6 heteroatoms. The molecule has 0 aliphatic carbocycles. The maximum absolute atomic E-state index is 14.1. The van der Waals surface area contributed by atoms with Crippen LogP contribution in [0.1, 0.15) is 35.3 Å². The molecule has 1 amide bonds. The molecule has 3 aromatic rings. The number of para-hydroxylation sites is 1. The third kappa shape index (κ3) is 4.39. The highest BCUT2D eigenvalue weighted by Gasteiger charge is 2.23. The van der Waals surface area contributed by atoms with Crippen molar-refractivity contribution in [3.8, 4) is 0 Å². The van der Waals surface area contributed by atoms with Crippen LogP contribution < -0.4 is 4.90 Å². The van der Waals surface area contributed by atoms with E-state index in [1.807, 2.05) is 38.1 Å². The number of anilines is 1. The minimum atomic E-state index is -0.359. The Morgan fingerprint density at radius 2 is 1.75 bits per heavy atom. The number of benzene rings is 2. The van der Waals surface area contributed by atoms with Crippen molar-refractivity contribution in [1.82, 2.24) is 9.88 Å². The average Bonchev–Trinajstić information content (AvgIpc) is 3.09. The summed E-state index contributed by atoms with van der Waals surface area (Å²) in [6, 6.07) is 10.7. The van der Waals surface area contributed by atoms with E-state index in [0.717, 1.165) is 35.5 Å². The van der Waals surface area contributed by atoms with Gasteiger partial charge in [-0.2, -0.15) is 0 Å². The molecule has 1 aromatic heterocycles. The van der Waals surface area contributed by atoms with E-state index in [2.05, 4.69) is 23.7 Å². The molecule has 0 spiro atoms. The number of amides is 1. The van der Waals surface area contributed by atoms with Crippen LogP contribution in [0.25, 0.3) is 10.2 Å². The van der Waals surface area contributed by atoms with Gasteiger partial charge in [-0.1, -0.05) is 48.4 Å². The van der Waals surface area contributed by atoms with Gasteiger partial charge in [0.2, 0.25) is 0 Å². The number of aromatic nitrogens is 1. The largest absolute Gasteiger partial charge is 0.302 e. The number of carbonyl (C=O) groups is 1. The highest BCUT2D eigenvalue weighted by atomic mass is 32.1. The van der Waals surface area contributed by atoms with Gasteiger partial charge >= 0.3 is 0 Å².